The molecule has 0 bridgehead atoms. The number of amides is 2. The lowest BCUT2D eigenvalue weighted by Crippen LogP contribution is -2.41. The number of aromatic nitrogens is 3. The van der Waals surface area contributed by atoms with E-state index in [9.17, 15) is 14.0 Å². The van der Waals surface area contributed by atoms with Crippen LogP contribution in [0.4, 0.5) is 14.3 Å². The smallest absolute Gasteiger partial charge is 0.410 e. The van der Waals surface area contributed by atoms with Gasteiger partial charge < -0.3 is 9.64 Å². The highest BCUT2D eigenvalue weighted by atomic mass is 32.1. The van der Waals surface area contributed by atoms with Crippen molar-refractivity contribution >= 4 is 28.5 Å². The van der Waals surface area contributed by atoms with Crippen molar-refractivity contribution in [1.82, 2.24) is 19.7 Å². The Bertz CT molecular complexity index is 1110. The van der Waals surface area contributed by atoms with Crippen molar-refractivity contribution in [3.63, 3.8) is 0 Å². The first-order valence-corrected chi connectivity index (χ1v) is 11.6. The van der Waals surface area contributed by atoms with Gasteiger partial charge in [0.25, 0.3) is 5.91 Å². The van der Waals surface area contributed by atoms with Crippen LogP contribution in [0.5, 0.6) is 0 Å². The highest BCUT2D eigenvalue weighted by molar-refractivity contribution is 7.13. The monoisotopic (exact) mass is 471 g/mol. The van der Waals surface area contributed by atoms with Gasteiger partial charge in [-0.2, -0.15) is 5.10 Å². The molecule has 1 saturated heterocycles. The lowest BCUT2D eigenvalue weighted by Gasteiger charge is -2.34. The SMILES string of the molecule is CC(C)(C)OC(=O)N1CCC(c2c(C(=O)Nc3nccs3)cnn2-c2ccc(F)cc2)CC1. The van der Waals surface area contributed by atoms with Gasteiger partial charge in [-0.3, -0.25) is 10.1 Å². The maximum atomic E-state index is 13.5. The predicted molar refractivity (Wildman–Crippen MR) is 123 cm³/mol. The van der Waals surface area contributed by atoms with Crippen molar-refractivity contribution < 1.29 is 18.7 Å². The Balaban J connectivity index is 1.60. The predicted octanol–water partition coefficient (Wildman–Crippen LogP) is 4.83. The van der Waals surface area contributed by atoms with Crippen LogP contribution in [0.2, 0.25) is 0 Å². The van der Waals surface area contributed by atoms with Crippen molar-refractivity contribution in [2.45, 2.75) is 45.1 Å². The van der Waals surface area contributed by atoms with Crippen LogP contribution in [0, 0.1) is 5.82 Å². The van der Waals surface area contributed by atoms with Crippen molar-refractivity contribution in [1.29, 1.82) is 0 Å². The van der Waals surface area contributed by atoms with E-state index in [4.69, 9.17) is 4.74 Å². The minimum atomic E-state index is -0.559. The molecule has 1 N–H and O–H groups in total. The molecule has 0 radical (unpaired) electrons. The zero-order chi connectivity index (χ0) is 23.6. The zero-order valence-corrected chi connectivity index (χ0v) is 19.6. The lowest BCUT2D eigenvalue weighted by atomic mass is 9.91. The molecule has 0 atom stereocenters. The first-order valence-electron chi connectivity index (χ1n) is 10.7. The van der Waals surface area contributed by atoms with E-state index in [1.54, 1.807) is 33.3 Å². The fraction of sp³-hybridized carbons (Fsp3) is 0.391. The average Bonchev–Trinajstić information content (AvgIpc) is 3.43. The summed E-state index contributed by atoms with van der Waals surface area (Å²) in [7, 11) is 0. The molecule has 0 aliphatic carbocycles. The zero-order valence-electron chi connectivity index (χ0n) is 18.7. The average molecular weight is 472 g/mol. The van der Waals surface area contributed by atoms with Crippen LogP contribution in [0.25, 0.3) is 5.69 Å². The molecule has 2 amide bonds. The maximum Gasteiger partial charge on any atom is 0.410 e. The summed E-state index contributed by atoms with van der Waals surface area (Å²) in [6.45, 7) is 6.52. The van der Waals surface area contributed by atoms with Crippen molar-refractivity contribution in [2.24, 2.45) is 0 Å². The molecule has 1 aliphatic heterocycles. The standard InChI is InChI=1S/C23H26FN5O3S/c1-23(2,3)32-22(31)28-11-8-15(9-12-28)19-18(20(30)27-21-25-10-13-33-21)14-26-29(19)17-6-4-16(24)5-7-17/h4-7,10,13-15H,8-9,11-12H2,1-3H3,(H,25,27,30). The molecule has 1 aromatic carbocycles. The molecule has 1 aliphatic rings. The Morgan fingerprint density at radius 2 is 1.88 bits per heavy atom. The van der Waals surface area contributed by atoms with E-state index in [0.29, 0.717) is 42.3 Å². The van der Waals surface area contributed by atoms with Gasteiger partial charge in [-0.25, -0.2) is 18.9 Å². The lowest BCUT2D eigenvalue weighted by molar-refractivity contribution is 0.0203. The minimum absolute atomic E-state index is 0.0201. The largest absolute Gasteiger partial charge is 0.444 e. The molecule has 33 heavy (non-hydrogen) atoms. The maximum absolute atomic E-state index is 13.5. The minimum Gasteiger partial charge on any atom is -0.444 e. The summed E-state index contributed by atoms with van der Waals surface area (Å²) in [5, 5.41) is 9.55. The van der Waals surface area contributed by atoms with Crippen molar-refractivity contribution in [3.8, 4) is 5.69 Å². The molecule has 10 heteroatoms. The van der Waals surface area contributed by atoms with Gasteiger partial charge in [0.1, 0.15) is 11.4 Å². The highest BCUT2D eigenvalue weighted by Crippen LogP contribution is 2.33. The normalized spacial score (nSPS) is 14.8. The Hall–Kier alpha value is -3.27. The second-order valence-electron chi connectivity index (χ2n) is 8.86. The number of ether oxygens (including phenoxy) is 1. The number of hydrogen-bond donors (Lipinski definition) is 1. The summed E-state index contributed by atoms with van der Waals surface area (Å²) >= 11 is 1.33. The van der Waals surface area contributed by atoms with E-state index in [1.165, 1.54) is 29.7 Å². The van der Waals surface area contributed by atoms with Crippen molar-refractivity contribution in [3.05, 3.63) is 59.1 Å². The summed E-state index contributed by atoms with van der Waals surface area (Å²) in [6, 6.07) is 5.98. The summed E-state index contributed by atoms with van der Waals surface area (Å²) < 4.78 is 20.7. The molecule has 0 unspecified atom stereocenters. The number of nitrogens with zero attached hydrogens (tertiary/aromatic N) is 4. The molecule has 0 saturated carbocycles. The summed E-state index contributed by atoms with van der Waals surface area (Å²) in [4.78, 5) is 31.3. The molecule has 8 nitrogen and oxygen atoms in total. The number of hydrogen-bond acceptors (Lipinski definition) is 6. The van der Waals surface area contributed by atoms with Crippen LogP contribution >= 0.6 is 11.3 Å². The fourth-order valence-electron chi connectivity index (χ4n) is 3.83. The van der Waals surface area contributed by atoms with E-state index in [-0.39, 0.29) is 23.7 Å². The summed E-state index contributed by atoms with van der Waals surface area (Å²) in [5.74, 6) is -0.670. The number of likely N-dealkylation sites (tertiary alicyclic amines) is 1. The van der Waals surface area contributed by atoms with Crippen LogP contribution in [0.1, 0.15) is 55.6 Å². The first-order chi connectivity index (χ1) is 15.7. The second kappa shape index (κ2) is 9.30. The Morgan fingerprint density at radius 1 is 1.18 bits per heavy atom. The van der Waals surface area contributed by atoms with Crippen LogP contribution in [0.3, 0.4) is 0 Å². The summed E-state index contributed by atoms with van der Waals surface area (Å²) in [5.41, 5.74) is 1.27. The third-order valence-electron chi connectivity index (χ3n) is 5.31. The number of benzene rings is 1. The van der Waals surface area contributed by atoms with Gasteiger partial charge in [-0.05, 0) is 57.9 Å². The molecule has 174 valence electrons. The van der Waals surface area contributed by atoms with Gasteiger partial charge >= 0.3 is 6.09 Å². The van der Waals surface area contributed by atoms with Gasteiger partial charge in [-0.15, -0.1) is 11.3 Å². The highest BCUT2D eigenvalue weighted by Gasteiger charge is 2.32. The number of thiazole rings is 1. The van der Waals surface area contributed by atoms with E-state index < -0.39 is 5.60 Å². The van der Waals surface area contributed by atoms with Crippen LogP contribution in [-0.2, 0) is 4.74 Å². The molecule has 2 aromatic heterocycles. The summed E-state index contributed by atoms with van der Waals surface area (Å²) in [6.07, 6.45) is 4.10. The second-order valence-corrected chi connectivity index (χ2v) is 9.76. The molecular formula is C23H26FN5O3S. The van der Waals surface area contributed by atoms with Gasteiger partial charge in [0.2, 0.25) is 0 Å². The van der Waals surface area contributed by atoms with Gasteiger partial charge in [0.05, 0.1) is 23.1 Å². The quantitative estimate of drug-likeness (QED) is 0.588. The Kier molecular flexibility index (Phi) is 6.46. The molecule has 3 heterocycles. The van der Waals surface area contributed by atoms with Gasteiger partial charge in [0.15, 0.2) is 5.13 Å². The Morgan fingerprint density at radius 3 is 2.48 bits per heavy atom. The van der Waals surface area contributed by atoms with E-state index in [2.05, 4.69) is 15.4 Å². The van der Waals surface area contributed by atoms with Gasteiger partial charge in [0, 0.05) is 30.6 Å². The number of carbonyl (C=O) groups is 2. The van der Waals surface area contributed by atoms with Crippen LogP contribution < -0.4 is 5.32 Å². The number of piperidine rings is 1. The molecule has 3 aromatic rings. The molecular weight excluding hydrogens is 445 g/mol. The number of nitrogens with one attached hydrogen (secondary N) is 1. The first kappa shape index (κ1) is 22.9. The van der Waals surface area contributed by atoms with Crippen LogP contribution in [-0.4, -0.2) is 50.4 Å². The topological polar surface area (TPSA) is 89.3 Å². The van der Waals surface area contributed by atoms with E-state index >= 15 is 0 Å². The number of carbonyl (C=O) groups excluding carboxylic acids is 2. The fourth-order valence-corrected chi connectivity index (χ4v) is 4.35. The number of rotatable bonds is 4. The molecule has 1 fully saturated rings. The van der Waals surface area contributed by atoms with Crippen molar-refractivity contribution in [2.75, 3.05) is 18.4 Å². The number of halogens is 1. The third kappa shape index (κ3) is 5.39. The van der Waals surface area contributed by atoms with E-state index in [1.807, 2.05) is 20.8 Å². The van der Waals surface area contributed by atoms with Gasteiger partial charge in [-0.1, -0.05) is 0 Å². The van der Waals surface area contributed by atoms with E-state index in [0.717, 1.165) is 5.69 Å². The Labute approximate surface area is 195 Å². The molecule has 0 spiro atoms. The third-order valence-corrected chi connectivity index (χ3v) is 6.00. The van der Waals surface area contributed by atoms with Crippen LogP contribution in [0.15, 0.2) is 42.0 Å². The molecule has 4 rings (SSSR count). The number of anilines is 1.